The average molecular weight is 386 g/mol. The Morgan fingerprint density at radius 2 is 1.82 bits per heavy atom. The van der Waals surface area contributed by atoms with Crippen molar-refractivity contribution in [1.29, 1.82) is 0 Å². The van der Waals surface area contributed by atoms with Gasteiger partial charge in [-0.15, -0.1) is 0 Å². The number of carbonyl (C=O) groups is 4. The number of fused-ring (bicyclic) bond motifs is 5. The second-order valence-corrected chi connectivity index (χ2v) is 10.4. The van der Waals surface area contributed by atoms with Crippen LogP contribution in [0.15, 0.2) is 11.6 Å². The molecule has 8 atom stereocenters. The monoisotopic (exact) mass is 386 g/mol. The summed E-state index contributed by atoms with van der Waals surface area (Å²) in [5.74, 6) is -1.96. The van der Waals surface area contributed by atoms with Gasteiger partial charge in [-0.25, -0.2) is 4.79 Å². The fourth-order valence-electron chi connectivity index (χ4n) is 7.88. The van der Waals surface area contributed by atoms with Crippen molar-refractivity contribution in [2.45, 2.75) is 59.8 Å². The van der Waals surface area contributed by atoms with Gasteiger partial charge < -0.3 is 5.11 Å². The van der Waals surface area contributed by atoms with E-state index in [1.54, 1.807) is 6.08 Å². The van der Waals surface area contributed by atoms with Crippen LogP contribution in [-0.2, 0) is 19.2 Å². The van der Waals surface area contributed by atoms with Gasteiger partial charge in [0, 0.05) is 24.7 Å². The van der Waals surface area contributed by atoms with Gasteiger partial charge in [0.25, 0.3) is 0 Å². The van der Waals surface area contributed by atoms with Crippen molar-refractivity contribution in [2.24, 2.45) is 46.3 Å². The predicted octanol–water partition coefficient (Wildman–Crippen LogP) is 3.46. The number of ketones is 3. The summed E-state index contributed by atoms with van der Waals surface area (Å²) in [5.41, 5.74) is 0.271. The average Bonchev–Trinajstić information content (AvgIpc) is 2.85. The molecule has 0 aromatic carbocycles. The second-order valence-electron chi connectivity index (χ2n) is 10.4. The number of aliphatic carboxylic acids is 1. The van der Waals surface area contributed by atoms with E-state index in [9.17, 15) is 24.3 Å². The van der Waals surface area contributed by atoms with Crippen molar-refractivity contribution >= 4 is 23.3 Å². The summed E-state index contributed by atoms with van der Waals surface area (Å²) in [6.07, 6.45) is 4.91. The summed E-state index contributed by atoms with van der Waals surface area (Å²) in [5, 5.41) is 9.35. The van der Waals surface area contributed by atoms with E-state index >= 15 is 0 Å². The van der Waals surface area contributed by atoms with Gasteiger partial charge in [0.05, 0.1) is 0 Å². The minimum absolute atomic E-state index is 0.0295. The third-order valence-corrected chi connectivity index (χ3v) is 8.80. The molecule has 3 saturated carbocycles. The minimum atomic E-state index is -1.38. The third-order valence-electron chi connectivity index (χ3n) is 8.80. The number of hydrogen-bond donors (Lipinski definition) is 1. The summed E-state index contributed by atoms with van der Waals surface area (Å²) in [6.45, 7) is 8.24. The van der Waals surface area contributed by atoms with Crippen LogP contribution in [0.2, 0.25) is 0 Å². The van der Waals surface area contributed by atoms with Crippen LogP contribution in [0, 0.1) is 46.3 Å². The highest BCUT2D eigenvalue weighted by Crippen LogP contribution is 2.67. The Kier molecular flexibility index (Phi) is 4.26. The Balaban J connectivity index is 1.78. The standard InChI is InChI=1S/C23H30O5/c1-11-7-14-16-8-12(2)18(20(26)21(27)28)23(16,4)10-17(25)19(14)22(3)6-5-13(24)9-15(11)22/h9,11-12,14,16,18-19H,5-8,10H2,1-4H3,(H,27,28)/t11-,12+,14-,16-,18+,19+,22-,23-/m0/s1. The number of carboxylic acid groups (broad SMARTS) is 1. The fraction of sp³-hybridized carbons (Fsp3) is 0.739. The summed E-state index contributed by atoms with van der Waals surface area (Å²) in [7, 11) is 0. The molecule has 0 aromatic heterocycles. The lowest BCUT2D eigenvalue weighted by Gasteiger charge is -2.58. The van der Waals surface area contributed by atoms with Crippen LogP contribution in [0.3, 0.4) is 0 Å². The van der Waals surface area contributed by atoms with Gasteiger partial charge in [0.1, 0.15) is 5.78 Å². The molecule has 4 aliphatic carbocycles. The molecule has 4 rings (SSSR count). The topological polar surface area (TPSA) is 88.5 Å². The highest BCUT2D eigenvalue weighted by Gasteiger charge is 2.66. The predicted molar refractivity (Wildman–Crippen MR) is 102 cm³/mol. The smallest absolute Gasteiger partial charge is 0.372 e. The van der Waals surface area contributed by atoms with Crippen LogP contribution in [-0.4, -0.2) is 28.4 Å². The maximum atomic E-state index is 13.5. The molecule has 0 radical (unpaired) electrons. The van der Waals surface area contributed by atoms with Gasteiger partial charge in [-0.1, -0.05) is 33.3 Å². The molecule has 0 bridgehead atoms. The van der Waals surface area contributed by atoms with Crippen molar-refractivity contribution in [1.82, 2.24) is 0 Å². The van der Waals surface area contributed by atoms with Crippen LogP contribution in [0.25, 0.3) is 0 Å². The van der Waals surface area contributed by atoms with Gasteiger partial charge in [-0.05, 0) is 59.8 Å². The molecular formula is C23H30O5. The number of carboxylic acids is 1. The van der Waals surface area contributed by atoms with Crippen molar-refractivity contribution < 1.29 is 24.3 Å². The molecule has 3 fully saturated rings. The molecule has 0 heterocycles. The van der Waals surface area contributed by atoms with E-state index in [0.717, 1.165) is 18.4 Å². The highest BCUT2D eigenvalue weighted by molar-refractivity contribution is 6.33. The zero-order valence-corrected chi connectivity index (χ0v) is 17.2. The molecule has 0 unspecified atom stereocenters. The van der Waals surface area contributed by atoms with Gasteiger partial charge >= 0.3 is 5.97 Å². The fourth-order valence-corrected chi connectivity index (χ4v) is 7.88. The largest absolute Gasteiger partial charge is 0.475 e. The molecule has 5 heteroatoms. The maximum absolute atomic E-state index is 13.5. The Labute approximate surface area is 165 Å². The molecule has 1 N–H and O–H groups in total. The highest BCUT2D eigenvalue weighted by atomic mass is 16.4. The zero-order valence-electron chi connectivity index (χ0n) is 17.2. The lowest BCUT2D eigenvalue weighted by Crippen LogP contribution is -2.57. The number of Topliss-reactive ketones (excluding diaryl/α,β-unsaturated/α-hetero) is 2. The lowest BCUT2D eigenvalue weighted by molar-refractivity contribution is -0.158. The van der Waals surface area contributed by atoms with E-state index in [1.165, 1.54) is 0 Å². The summed E-state index contributed by atoms with van der Waals surface area (Å²) in [6, 6.07) is 0. The Bertz CT molecular complexity index is 810. The molecule has 5 nitrogen and oxygen atoms in total. The van der Waals surface area contributed by atoms with Gasteiger partial charge in [0.2, 0.25) is 5.78 Å². The van der Waals surface area contributed by atoms with Crippen LogP contribution in [0.5, 0.6) is 0 Å². The normalized spacial score (nSPS) is 47.6. The summed E-state index contributed by atoms with van der Waals surface area (Å²) >= 11 is 0. The van der Waals surface area contributed by atoms with Crippen molar-refractivity contribution in [3.63, 3.8) is 0 Å². The van der Waals surface area contributed by atoms with Gasteiger partial charge in [-0.2, -0.15) is 0 Å². The Morgan fingerprint density at radius 1 is 1.14 bits per heavy atom. The quantitative estimate of drug-likeness (QED) is 0.734. The molecule has 152 valence electrons. The van der Waals surface area contributed by atoms with Gasteiger partial charge in [-0.3, -0.25) is 14.4 Å². The number of hydrogen-bond acceptors (Lipinski definition) is 4. The molecule has 0 aliphatic heterocycles. The second kappa shape index (κ2) is 6.11. The first-order valence-corrected chi connectivity index (χ1v) is 10.6. The Morgan fingerprint density at radius 3 is 2.46 bits per heavy atom. The zero-order chi connectivity index (χ0) is 20.6. The first-order valence-electron chi connectivity index (χ1n) is 10.6. The van der Waals surface area contributed by atoms with Crippen LogP contribution in [0.1, 0.15) is 59.8 Å². The molecular weight excluding hydrogens is 356 g/mol. The molecule has 0 spiro atoms. The van der Waals surface area contributed by atoms with E-state index in [1.807, 2.05) is 13.8 Å². The van der Waals surface area contributed by atoms with Gasteiger partial charge in [0.15, 0.2) is 5.78 Å². The first-order chi connectivity index (χ1) is 13.0. The number of rotatable bonds is 2. The molecule has 0 saturated heterocycles. The molecule has 0 amide bonds. The van der Waals surface area contributed by atoms with Crippen molar-refractivity contribution in [3.05, 3.63) is 11.6 Å². The Hall–Kier alpha value is -1.78. The molecule has 4 aliphatic rings. The van der Waals surface area contributed by atoms with Crippen LogP contribution >= 0.6 is 0 Å². The van der Waals surface area contributed by atoms with E-state index in [-0.39, 0.29) is 53.0 Å². The first kappa shape index (κ1) is 19.5. The van der Waals surface area contributed by atoms with E-state index in [2.05, 4.69) is 13.8 Å². The maximum Gasteiger partial charge on any atom is 0.372 e. The van der Waals surface area contributed by atoms with E-state index < -0.39 is 23.1 Å². The summed E-state index contributed by atoms with van der Waals surface area (Å²) in [4.78, 5) is 49.5. The SMILES string of the molecule is C[C@@H]1C[C@H]2[C@@H]3C[C@H](C)C4=CC(=O)CC[C@]4(C)[C@H]3C(=O)C[C@]2(C)[C@H]1C(=O)C(=O)O. The molecule has 28 heavy (non-hydrogen) atoms. The third kappa shape index (κ3) is 2.44. The molecule has 0 aromatic rings. The van der Waals surface area contributed by atoms with E-state index in [4.69, 9.17) is 0 Å². The lowest BCUT2D eigenvalue weighted by atomic mass is 9.44. The van der Waals surface area contributed by atoms with Crippen LogP contribution in [0.4, 0.5) is 0 Å². The minimum Gasteiger partial charge on any atom is -0.475 e. The van der Waals surface area contributed by atoms with E-state index in [0.29, 0.717) is 12.8 Å². The van der Waals surface area contributed by atoms with Crippen molar-refractivity contribution in [3.8, 4) is 0 Å². The van der Waals surface area contributed by atoms with Crippen LogP contribution < -0.4 is 0 Å². The summed E-state index contributed by atoms with van der Waals surface area (Å²) < 4.78 is 0. The van der Waals surface area contributed by atoms with Crippen molar-refractivity contribution in [2.75, 3.05) is 0 Å². The number of carbonyl (C=O) groups excluding carboxylic acids is 3. The number of allylic oxidation sites excluding steroid dienone is 1.